The Balaban J connectivity index is 2.53. The van der Waals surface area contributed by atoms with E-state index < -0.39 is 5.60 Å². The molecular formula is C13H25NO3. The van der Waals surface area contributed by atoms with Gasteiger partial charge in [-0.25, -0.2) is 0 Å². The molecule has 1 N–H and O–H groups in total. The van der Waals surface area contributed by atoms with Crippen LogP contribution in [0.5, 0.6) is 0 Å². The number of piperidine rings is 1. The molecule has 1 aliphatic rings. The summed E-state index contributed by atoms with van der Waals surface area (Å²) in [6.07, 6.45) is 0.586. The number of aliphatic hydroxyl groups is 1. The van der Waals surface area contributed by atoms with Crippen molar-refractivity contribution in [2.75, 3.05) is 13.1 Å². The number of carbonyl (C=O) groups is 1. The Bertz CT molecular complexity index is 272. The smallest absolute Gasteiger partial charge is 0.323 e. The third kappa shape index (κ3) is 4.28. The van der Waals surface area contributed by atoms with Gasteiger partial charge < -0.3 is 9.84 Å². The summed E-state index contributed by atoms with van der Waals surface area (Å²) in [7, 11) is 0. The van der Waals surface area contributed by atoms with Gasteiger partial charge in [-0.1, -0.05) is 6.92 Å². The Labute approximate surface area is 104 Å². The van der Waals surface area contributed by atoms with Crippen LogP contribution in [0.25, 0.3) is 0 Å². The number of β-amino-alcohol motifs (C(OH)–C–C–N with tert-alkyl or cyclic N) is 1. The van der Waals surface area contributed by atoms with Crippen LogP contribution in [0.3, 0.4) is 0 Å². The molecule has 0 amide bonds. The molecule has 4 heteroatoms. The number of aliphatic hydroxyl groups excluding tert-OH is 1. The number of hydrogen-bond acceptors (Lipinski definition) is 4. The van der Waals surface area contributed by atoms with Gasteiger partial charge in [-0.05, 0) is 46.6 Å². The van der Waals surface area contributed by atoms with Crippen molar-refractivity contribution < 1.29 is 14.6 Å². The van der Waals surface area contributed by atoms with Gasteiger partial charge in [-0.3, -0.25) is 9.69 Å². The topological polar surface area (TPSA) is 49.8 Å². The summed E-state index contributed by atoms with van der Waals surface area (Å²) in [5, 5.41) is 9.82. The van der Waals surface area contributed by atoms with Crippen molar-refractivity contribution in [2.45, 2.75) is 58.8 Å². The van der Waals surface area contributed by atoms with Crippen molar-refractivity contribution in [1.82, 2.24) is 4.90 Å². The van der Waals surface area contributed by atoms with Gasteiger partial charge in [0, 0.05) is 6.54 Å². The van der Waals surface area contributed by atoms with Crippen LogP contribution in [-0.2, 0) is 9.53 Å². The maximum atomic E-state index is 11.9. The summed E-state index contributed by atoms with van der Waals surface area (Å²) in [6.45, 7) is 10.9. The van der Waals surface area contributed by atoms with Gasteiger partial charge in [0.05, 0.1) is 6.10 Å². The first-order valence-corrected chi connectivity index (χ1v) is 6.35. The molecule has 17 heavy (non-hydrogen) atoms. The fourth-order valence-electron chi connectivity index (χ4n) is 1.96. The van der Waals surface area contributed by atoms with E-state index in [1.165, 1.54) is 0 Å². The van der Waals surface area contributed by atoms with Gasteiger partial charge in [-0.2, -0.15) is 0 Å². The molecule has 1 heterocycles. The van der Waals surface area contributed by atoms with Crippen LogP contribution in [-0.4, -0.2) is 46.8 Å². The van der Waals surface area contributed by atoms with Gasteiger partial charge >= 0.3 is 5.97 Å². The molecule has 0 radical (unpaired) electrons. The van der Waals surface area contributed by atoms with Crippen molar-refractivity contribution in [3.05, 3.63) is 0 Å². The van der Waals surface area contributed by atoms with E-state index in [0.717, 1.165) is 13.0 Å². The predicted octanol–water partition coefficient (Wildman–Crippen LogP) is 1.42. The Morgan fingerprint density at radius 2 is 2.06 bits per heavy atom. The Kier molecular flexibility index (Phi) is 4.55. The average molecular weight is 243 g/mol. The monoisotopic (exact) mass is 243 g/mol. The molecule has 0 aliphatic carbocycles. The highest BCUT2D eigenvalue weighted by molar-refractivity contribution is 5.75. The quantitative estimate of drug-likeness (QED) is 0.745. The second kappa shape index (κ2) is 5.36. The van der Waals surface area contributed by atoms with Crippen molar-refractivity contribution in [1.29, 1.82) is 0 Å². The van der Waals surface area contributed by atoms with Crippen LogP contribution in [0.1, 0.15) is 41.0 Å². The Morgan fingerprint density at radius 1 is 1.47 bits per heavy atom. The highest BCUT2D eigenvalue weighted by Crippen LogP contribution is 2.20. The second-order valence-corrected chi connectivity index (χ2v) is 6.04. The summed E-state index contributed by atoms with van der Waals surface area (Å²) in [6, 6.07) is -0.281. The summed E-state index contributed by atoms with van der Waals surface area (Å²) >= 11 is 0. The fraction of sp³-hybridized carbons (Fsp3) is 0.923. The summed E-state index contributed by atoms with van der Waals surface area (Å²) in [4.78, 5) is 13.9. The van der Waals surface area contributed by atoms with Gasteiger partial charge in [0.25, 0.3) is 0 Å². The van der Waals surface area contributed by atoms with E-state index in [-0.39, 0.29) is 18.1 Å². The number of rotatable bonds is 2. The van der Waals surface area contributed by atoms with Crippen LogP contribution < -0.4 is 0 Å². The lowest BCUT2D eigenvalue weighted by molar-refractivity contribution is -0.162. The predicted molar refractivity (Wildman–Crippen MR) is 66.7 cm³/mol. The van der Waals surface area contributed by atoms with Gasteiger partial charge in [-0.15, -0.1) is 0 Å². The van der Waals surface area contributed by atoms with Gasteiger partial charge in [0.1, 0.15) is 11.6 Å². The Morgan fingerprint density at radius 3 is 2.53 bits per heavy atom. The molecule has 0 aromatic rings. The van der Waals surface area contributed by atoms with Crippen LogP contribution in [0.2, 0.25) is 0 Å². The van der Waals surface area contributed by atoms with Crippen LogP contribution in [0.4, 0.5) is 0 Å². The standard InChI is InChI=1S/C13H25NO3/c1-9-6-7-14(8-11(9)15)10(2)12(16)17-13(3,4)5/h9-11,15H,6-8H2,1-5H3. The maximum absolute atomic E-state index is 11.9. The highest BCUT2D eigenvalue weighted by atomic mass is 16.6. The molecule has 1 rings (SSSR count). The van der Waals surface area contributed by atoms with E-state index in [0.29, 0.717) is 12.5 Å². The number of hydrogen-bond donors (Lipinski definition) is 1. The first kappa shape index (κ1) is 14.5. The van der Waals surface area contributed by atoms with Crippen LogP contribution >= 0.6 is 0 Å². The molecule has 0 spiro atoms. The lowest BCUT2D eigenvalue weighted by Gasteiger charge is -2.37. The molecule has 1 saturated heterocycles. The van der Waals surface area contributed by atoms with Gasteiger partial charge in [0.15, 0.2) is 0 Å². The van der Waals surface area contributed by atoms with E-state index in [2.05, 4.69) is 0 Å². The number of ether oxygens (including phenoxy) is 1. The molecule has 4 nitrogen and oxygen atoms in total. The summed E-state index contributed by atoms with van der Waals surface area (Å²) in [5.41, 5.74) is -0.451. The first-order valence-electron chi connectivity index (χ1n) is 6.35. The average Bonchev–Trinajstić information content (AvgIpc) is 2.18. The Hall–Kier alpha value is -0.610. The first-order chi connectivity index (χ1) is 7.70. The molecule has 0 bridgehead atoms. The minimum atomic E-state index is -0.451. The zero-order valence-electron chi connectivity index (χ0n) is 11.6. The van der Waals surface area contributed by atoms with E-state index in [1.807, 2.05) is 39.5 Å². The van der Waals surface area contributed by atoms with Crippen LogP contribution in [0.15, 0.2) is 0 Å². The lowest BCUT2D eigenvalue weighted by atomic mass is 9.95. The molecular weight excluding hydrogens is 218 g/mol. The molecule has 3 unspecified atom stereocenters. The molecule has 1 fully saturated rings. The lowest BCUT2D eigenvalue weighted by Crippen LogP contribution is -2.50. The van der Waals surface area contributed by atoms with Crippen molar-refractivity contribution in [3.63, 3.8) is 0 Å². The van der Waals surface area contributed by atoms with E-state index in [9.17, 15) is 9.90 Å². The minimum absolute atomic E-state index is 0.209. The molecule has 0 saturated carbocycles. The zero-order chi connectivity index (χ0) is 13.2. The SMILES string of the molecule is CC1CCN(C(C)C(=O)OC(C)(C)C)CC1O. The second-order valence-electron chi connectivity index (χ2n) is 6.04. The van der Waals surface area contributed by atoms with Crippen molar-refractivity contribution in [2.24, 2.45) is 5.92 Å². The number of carbonyl (C=O) groups excluding carboxylic acids is 1. The largest absolute Gasteiger partial charge is 0.459 e. The summed E-state index contributed by atoms with van der Waals surface area (Å²) < 4.78 is 5.35. The summed E-state index contributed by atoms with van der Waals surface area (Å²) in [5.74, 6) is 0.108. The molecule has 100 valence electrons. The van der Waals surface area contributed by atoms with Crippen molar-refractivity contribution in [3.8, 4) is 0 Å². The molecule has 3 atom stereocenters. The van der Waals surface area contributed by atoms with E-state index >= 15 is 0 Å². The van der Waals surface area contributed by atoms with E-state index in [4.69, 9.17) is 4.74 Å². The zero-order valence-corrected chi connectivity index (χ0v) is 11.6. The number of likely N-dealkylation sites (tertiary alicyclic amines) is 1. The molecule has 0 aromatic carbocycles. The maximum Gasteiger partial charge on any atom is 0.323 e. The number of esters is 1. The normalized spacial score (nSPS) is 28.8. The minimum Gasteiger partial charge on any atom is -0.459 e. The van der Waals surface area contributed by atoms with Crippen LogP contribution in [0, 0.1) is 5.92 Å². The van der Waals surface area contributed by atoms with Crippen molar-refractivity contribution >= 4 is 5.97 Å². The number of nitrogens with zero attached hydrogens (tertiary/aromatic N) is 1. The fourth-order valence-corrected chi connectivity index (χ4v) is 1.96. The molecule has 0 aromatic heterocycles. The molecule has 1 aliphatic heterocycles. The third-order valence-corrected chi connectivity index (χ3v) is 3.25. The van der Waals surface area contributed by atoms with Gasteiger partial charge in [0.2, 0.25) is 0 Å². The highest BCUT2D eigenvalue weighted by Gasteiger charge is 2.32. The van der Waals surface area contributed by atoms with E-state index in [1.54, 1.807) is 0 Å². The third-order valence-electron chi connectivity index (χ3n) is 3.25.